The second-order valence-electron chi connectivity index (χ2n) is 8.47. The van der Waals surface area contributed by atoms with Crippen LogP contribution in [0.1, 0.15) is 29.6 Å². The monoisotopic (exact) mass is 521 g/mol. The number of thiazole rings is 1. The lowest BCUT2D eigenvalue weighted by atomic mass is 10.0. The summed E-state index contributed by atoms with van der Waals surface area (Å²) in [7, 11) is 2.18. The number of rotatable bonds is 4. The molecule has 9 heteroatoms. The maximum absolute atomic E-state index is 13.6. The van der Waals surface area contributed by atoms with E-state index in [0.717, 1.165) is 77.4 Å². The molecule has 34 heavy (non-hydrogen) atoms. The number of likely N-dealkylation sites (N-methyl/N-ethyl adjacent to an activating group) is 1. The fourth-order valence-electron chi connectivity index (χ4n) is 4.41. The second-order valence-corrected chi connectivity index (χ2v) is 9.55. The summed E-state index contributed by atoms with van der Waals surface area (Å²) in [5.41, 5.74) is 3.97. The standard InChI is InChI=1S/C25H28FN5S.2ClH/c1-3-22-29-23-24(27-20-9-4-5-10-21(20)28-25(23)32-22)31-14-13-30(2)19(16-31)12-11-17-7-6-8-18(26)15-17;;/h4-10,15,19,28H,3,11-14,16H2,1-2H3;2*1H/t19-;;/m0../s1. The van der Waals surface area contributed by atoms with Crippen molar-refractivity contribution in [2.75, 3.05) is 32.0 Å². The van der Waals surface area contributed by atoms with Gasteiger partial charge in [0, 0.05) is 25.7 Å². The zero-order chi connectivity index (χ0) is 22.1. The van der Waals surface area contributed by atoms with Crippen molar-refractivity contribution < 1.29 is 4.39 Å². The van der Waals surface area contributed by atoms with Gasteiger partial charge in [0.25, 0.3) is 0 Å². The van der Waals surface area contributed by atoms with Gasteiger partial charge in [-0.2, -0.15) is 0 Å². The van der Waals surface area contributed by atoms with E-state index in [2.05, 4.69) is 41.2 Å². The highest BCUT2D eigenvalue weighted by atomic mass is 35.5. The molecule has 5 rings (SSSR count). The van der Waals surface area contributed by atoms with Crippen molar-refractivity contribution in [3.8, 4) is 0 Å². The third-order valence-electron chi connectivity index (χ3n) is 6.30. The van der Waals surface area contributed by atoms with Gasteiger partial charge in [-0.1, -0.05) is 31.2 Å². The summed E-state index contributed by atoms with van der Waals surface area (Å²) in [6.45, 7) is 4.89. The number of halogens is 3. The van der Waals surface area contributed by atoms with Crippen molar-refractivity contribution in [3.05, 3.63) is 70.6 Å². The summed E-state index contributed by atoms with van der Waals surface area (Å²) in [6.07, 6.45) is 2.75. The molecule has 2 aliphatic rings. The Morgan fingerprint density at radius 3 is 2.74 bits per heavy atom. The molecule has 0 amide bonds. The van der Waals surface area contributed by atoms with Gasteiger partial charge in [-0.05, 0) is 56.1 Å². The van der Waals surface area contributed by atoms with Gasteiger partial charge in [-0.3, -0.25) is 4.90 Å². The molecule has 0 bridgehead atoms. The molecule has 1 N–H and O–H groups in total. The Bertz CT molecular complexity index is 1150. The van der Waals surface area contributed by atoms with Crippen LogP contribution >= 0.6 is 36.2 Å². The maximum Gasteiger partial charge on any atom is 0.158 e. The number of hydrogen-bond donors (Lipinski definition) is 1. The first kappa shape index (κ1) is 26.4. The van der Waals surface area contributed by atoms with E-state index >= 15 is 0 Å². The summed E-state index contributed by atoms with van der Waals surface area (Å²) < 4.78 is 13.6. The number of amidine groups is 1. The lowest BCUT2D eigenvalue weighted by Crippen LogP contribution is -2.53. The van der Waals surface area contributed by atoms with E-state index in [9.17, 15) is 4.39 Å². The van der Waals surface area contributed by atoms with Crippen LogP contribution in [0.15, 0.2) is 53.5 Å². The molecule has 0 spiro atoms. The van der Waals surface area contributed by atoms with E-state index in [4.69, 9.17) is 9.98 Å². The Morgan fingerprint density at radius 2 is 1.94 bits per heavy atom. The average molecular weight is 523 g/mol. The van der Waals surface area contributed by atoms with Crippen molar-refractivity contribution in [1.29, 1.82) is 0 Å². The molecular formula is C25H30Cl2FN5S. The van der Waals surface area contributed by atoms with E-state index in [1.54, 1.807) is 23.5 Å². The first-order valence-corrected chi connectivity index (χ1v) is 12.1. The summed E-state index contributed by atoms with van der Waals surface area (Å²) >= 11 is 1.71. The Hall–Kier alpha value is -2.19. The van der Waals surface area contributed by atoms with Gasteiger partial charge >= 0.3 is 0 Å². The highest BCUT2D eigenvalue weighted by Crippen LogP contribution is 2.38. The molecule has 2 aliphatic heterocycles. The number of aliphatic imine (C=N–C) groups is 1. The minimum absolute atomic E-state index is 0. The number of nitrogens with one attached hydrogen (secondary N) is 1. The number of anilines is 2. The van der Waals surface area contributed by atoms with Crippen LogP contribution in [0, 0.1) is 5.82 Å². The second kappa shape index (κ2) is 11.5. The summed E-state index contributed by atoms with van der Waals surface area (Å²) in [6, 6.07) is 15.5. The Labute approximate surface area is 216 Å². The Kier molecular flexibility index (Phi) is 8.93. The van der Waals surface area contributed by atoms with E-state index in [0.29, 0.717) is 6.04 Å². The number of para-hydroxylation sites is 2. The number of aromatic nitrogens is 1. The van der Waals surface area contributed by atoms with Crippen molar-refractivity contribution in [3.63, 3.8) is 0 Å². The number of aryl methyl sites for hydroxylation is 2. The minimum atomic E-state index is -0.164. The van der Waals surface area contributed by atoms with E-state index < -0.39 is 0 Å². The summed E-state index contributed by atoms with van der Waals surface area (Å²) in [5, 5.41) is 5.75. The molecule has 0 aliphatic carbocycles. The number of piperazine rings is 1. The van der Waals surface area contributed by atoms with E-state index in [-0.39, 0.29) is 30.6 Å². The fraction of sp³-hybridized carbons (Fsp3) is 0.360. The van der Waals surface area contributed by atoms with Crippen LogP contribution in [0.5, 0.6) is 0 Å². The van der Waals surface area contributed by atoms with Gasteiger partial charge < -0.3 is 10.2 Å². The summed E-state index contributed by atoms with van der Waals surface area (Å²) in [5.74, 6) is 0.792. The number of hydrogen-bond acceptors (Lipinski definition) is 6. The zero-order valence-electron chi connectivity index (χ0n) is 19.3. The highest BCUT2D eigenvalue weighted by molar-refractivity contribution is 7.16. The van der Waals surface area contributed by atoms with Gasteiger partial charge in [-0.25, -0.2) is 14.4 Å². The van der Waals surface area contributed by atoms with Crippen molar-refractivity contribution in [2.24, 2.45) is 4.99 Å². The SMILES string of the molecule is CCc1nc2c(s1)Nc1ccccc1N=C2N1CCN(C)[C@@H](CCc2cccc(F)c2)C1.Cl.Cl. The quantitative estimate of drug-likeness (QED) is 0.452. The minimum Gasteiger partial charge on any atom is -0.352 e. The normalized spacial score (nSPS) is 17.3. The largest absolute Gasteiger partial charge is 0.352 e. The highest BCUT2D eigenvalue weighted by Gasteiger charge is 2.31. The third kappa shape index (κ3) is 5.54. The molecule has 1 fully saturated rings. The number of benzene rings is 2. The van der Waals surface area contributed by atoms with Crippen LogP contribution in [0.4, 0.5) is 20.8 Å². The smallest absolute Gasteiger partial charge is 0.158 e. The molecule has 1 saturated heterocycles. The van der Waals surface area contributed by atoms with Crippen LogP contribution < -0.4 is 5.32 Å². The molecule has 0 saturated carbocycles. The van der Waals surface area contributed by atoms with Crippen LogP contribution in [0.25, 0.3) is 0 Å². The predicted octanol–water partition coefficient (Wildman–Crippen LogP) is 6.07. The Morgan fingerprint density at radius 1 is 1.12 bits per heavy atom. The lowest BCUT2D eigenvalue weighted by Gasteiger charge is -2.40. The Balaban J connectivity index is 0.00000162. The molecule has 182 valence electrons. The molecule has 3 aromatic rings. The first-order chi connectivity index (χ1) is 15.6. The number of nitrogens with zero attached hydrogens (tertiary/aromatic N) is 4. The lowest BCUT2D eigenvalue weighted by molar-refractivity contribution is 0.134. The van der Waals surface area contributed by atoms with Gasteiger partial charge in [0.05, 0.1) is 16.4 Å². The molecule has 0 unspecified atom stereocenters. The molecule has 3 heterocycles. The molecule has 2 aromatic carbocycles. The molecular weight excluding hydrogens is 492 g/mol. The number of fused-ring (bicyclic) bond motifs is 2. The van der Waals surface area contributed by atoms with Crippen LogP contribution in [0.3, 0.4) is 0 Å². The van der Waals surface area contributed by atoms with E-state index in [1.807, 2.05) is 18.2 Å². The van der Waals surface area contributed by atoms with Gasteiger partial charge in [0.1, 0.15) is 16.5 Å². The van der Waals surface area contributed by atoms with Crippen molar-refractivity contribution in [2.45, 2.75) is 32.2 Å². The van der Waals surface area contributed by atoms with Gasteiger partial charge in [0.2, 0.25) is 0 Å². The van der Waals surface area contributed by atoms with Crippen LogP contribution in [-0.4, -0.2) is 53.3 Å². The maximum atomic E-state index is 13.6. The fourth-order valence-corrected chi connectivity index (χ4v) is 5.33. The molecule has 1 aromatic heterocycles. The van der Waals surface area contributed by atoms with Crippen LogP contribution in [0.2, 0.25) is 0 Å². The summed E-state index contributed by atoms with van der Waals surface area (Å²) in [4.78, 5) is 14.8. The predicted molar refractivity (Wildman–Crippen MR) is 145 cm³/mol. The third-order valence-corrected chi connectivity index (χ3v) is 7.41. The zero-order valence-corrected chi connectivity index (χ0v) is 21.8. The van der Waals surface area contributed by atoms with E-state index in [1.165, 1.54) is 6.07 Å². The molecule has 5 nitrogen and oxygen atoms in total. The molecule has 0 radical (unpaired) electrons. The molecule has 1 atom stereocenters. The topological polar surface area (TPSA) is 43.8 Å². The first-order valence-electron chi connectivity index (χ1n) is 11.2. The van der Waals surface area contributed by atoms with Gasteiger partial charge in [-0.15, -0.1) is 36.2 Å². The average Bonchev–Trinajstić information content (AvgIpc) is 3.14. The van der Waals surface area contributed by atoms with Crippen molar-refractivity contribution in [1.82, 2.24) is 14.8 Å². The van der Waals surface area contributed by atoms with Gasteiger partial charge in [0.15, 0.2) is 5.84 Å². The van der Waals surface area contributed by atoms with Crippen molar-refractivity contribution >= 4 is 58.4 Å². The van der Waals surface area contributed by atoms with Crippen LogP contribution in [-0.2, 0) is 12.8 Å².